The molecule has 0 spiro atoms. The number of hydrogen-bond donors (Lipinski definition) is 1. The molecule has 138 valence electrons. The van der Waals surface area contributed by atoms with Gasteiger partial charge in [-0.3, -0.25) is 4.79 Å². The number of thiazole rings is 1. The fraction of sp³-hybridized carbons (Fsp3) is 0.444. The fourth-order valence-electron chi connectivity index (χ4n) is 3.59. The van der Waals surface area contributed by atoms with Crippen LogP contribution in [0.1, 0.15) is 24.1 Å². The SMILES string of the molecule is O=C(Cc1csc(-c2ccc(C(F)(F)F)cc2)n1)N1CC2CCC1CN2. The van der Waals surface area contributed by atoms with Gasteiger partial charge in [-0.1, -0.05) is 12.1 Å². The number of halogens is 3. The van der Waals surface area contributed by atoms with Crippen LogP contribution in [0.15, 0.2) is 29.6 Å². The molecule has 2 unspecified atom stereocenters. The largest absolute Gasteiger partial charge is 0.416 e. The number of nitrogens with one attached hydrogen (secondary N) is 1. The van der Waals surface area contributed by atoms with Crippen LogP contribution >= 0.6 is 11.3 Å². The second-order valence-electron chi connectivity index (χ2n) is 6.78. The Morgan fingerprint density at radius 2 is 2.04 bits per heavy atom. The maximum atomic E-state index is 12.7. The first-order chi connectivity index (χ1) is 12.4. The van der Waals surface area contributed by atoms with Crippen molar-refractivity contribution in [2.45, 2.75) is 37.5 Å². The summed E-state index contributed by atoms with van der Waals surface area (Å²) in [4.78, 5) is 19.0. The van der Waals surface area contributed by atoms with Crippen molar-refractivity contribution in [1.82, 2.24) is 15.2 Å². The molecule has 0 saturated carbocycles. The molecule has 0 aliphatic carbocycles. The lowest BCUT2D eigenvalue weighted by molar-refractivity contribution is -0.138. The Labute approximate surface area is 153 Å². The summed E-state index contributed by atoms with van der Waals surface area (Å²) in [6.45, 7) is 1.60. The maximum absolute atomic E-state index is 12.7. The Kier molecular flexibility index (Phi) is 4.48. The number of carbonyl (C=O) groups excluding carboxylic acids is 1. The third-order valence-electron chi connectivity index (χ3n) is 5.01. The van der Waals surface area contributed by atoms with E-state index in [9.17, 15) is 18.0 Å². The Morgan fingerprint density at radius 1 is 1.27 bits per heavy atom. The van der Waals surface area contributed by atoms with Crippen LogP contribution in [0.3, 0.4) is 0 Å². The monoisotopic (exact) mass is 381 g/mol. The first-order valence-electron chi connectivity index (χ1n) is 8.55. The second kappa shape index (κ2) is 6.66. The molecule has 2 bridgehead atoms. The molecule has 3 fully saturated rings. The van der Waals surface area contributed by atoms with Crippen molar-refractivity contribution in [2.75, 3.05) is 13.1 Å². The summed E-state index contributed by atoms with van der Waals surface area (Å²) in [5.41, 5.74) is 0.620. The summed E-state index contributed by atoms with van der Waals surface area (Å²) in [6, 6.07) is 5.60. The van der Waals surface area contributed by atoms with Crippen LogP contribution in [-0.4, -0.2) is 41.0 Å². The number of benzene rings is 1. The van der Waals surface area contributed by atoms with Gasteiger partial charge in [0.25, 0.3) is 0 Å². The van der Waals surface area contributed by atoms with Crippen LogP contribution in [0.25, 0.3) is 10.6 Å². The van der Waals surface area contributed by atoms with E-state index in [1.54, 1.807) is 0 Å². The van der Waals surface area contributed by atoms with Gasteiger partial charge in [-0.05, 0) is 25.0 Å². The molecule has 1 amide bonds. The minimum Gasteiger partial charge on any atom is -0.337 e. The zero-order chi connectivity index (χ0) is 18.3. The van der Waals surface area contributed by atoms with Crippen LogP contribution in [0.2, 0.25) is 0 Å². The molecular formula is C18H18F3N3OS. The van der Waals surface area contributed by atoms with Crippen molar-refractivity contribution < 1.29 is 18.0 Å². The van der Waals surface area contributed by atoms with E-state index in [0.29, 0.717) is 22.3 Å². The molecule has 3 saturated heterocycles. The van der Waals surface area contributed by atoms with Crippen LogP contribution in [0, 0.1) is 0 Å². The standard InChI is InChI=1S/C18H18F3N3OS/c19-18(20,21)12-3-1-11(2-4-12)17-23-14(10-26-17)7-16(25)24-9-13-5-6-15(24)8-22-13/h1-4,10,13,15,22H,5-9H2. The van der Waals surface area contributed by atoms with Crippen molar-refractivity contribution in [1.29, 1.82) is 0 Å². The molecular weight excluding hydrogens is 363 g/mol. The summed E-state index contributed by atoms with van der Waals surface area (Å²) in [5, 5.41) is 5.86. The number of carbonyl (C=O) groups is 1. The van der Waals surface area contributed by atoms with Gasteiger partial charge in [-0.25, -0.2) is 4.98 Å². The quantitative estimate of drug-likeness (QED) is 0.887. The molecule has 26 heavy (non-hydrogen) atoms. The van der Waals surface area contributed by atoms with Crippen molar-refractivity contribution in [3.05, 3.63) is 40.9 Å². The smallest absolute Gasteiger partial charge is 0.337 e. The summed E-state index contributed by atoms with van der Waals surface area (Å²) < 4.78 is 38.0. The maximum Gasteiger partial charge on any atom is 0.416 e. The topological polar surface area (TPSA) is 45.2 Å². The van der Waals surface area contributed by atoms with Crippen LogP contribution in [0.5, 0.6) is 0 Å². The molecule has 4 nitrogen and oxygen atoms in total. The van der Waals surface area contributed by atoms with E-state index >= 15 is 0 Å². The third kappa shape index (κ3) is 3.48. The van der Waals surface area contributed by atoms with E-state index in [0.717, 1.165) is 38.1 Å². The molecule has 2 aromatic rings. The predicted molar refractivity (Wildman–Crippen MR) is 92.8 cm³/mol. The lowest BCUT2D eigenvalue weighted by Crippen LogP contribution is -2.62. The Bertz CT molecular complexity index is 795. The Hall–Kier alpha value is -1.93. The summed E-state index contributed by atoms with van der Waals surface area (Å²) in [7, 11) is 0. The van der Waals surface area contributed by atoms with Gasteiger partial charge in [0.2, 0.25) is 5.91 Å². The van der Waals surface area contributed by atoms with Crippen LogP contribution in [0.4, 0.5) is 13.2 Å². The third-order valence-corrected chi connectivity index (χ3v) is 5.95. The van der Waals surface area contributed by atoms with Gasteiger partial charge < -0.3 is 10.2 Å². The van der Waals surface area contributed by atoms with Gasteiger partial charge >= 0.3 is 6.18 Å². The van der Waals surface area contributed by atoms with E-state index in [1.807, 2.05) is 10.3 Å². The van der Waals surface area contributed by atoms with Gasteiger partial charge in [-0.15, -0.1) is 11.3 Å². The molecule has 5 rings (SSSR count). The van der Waals surface area contributed by atoms with Gasteiger partial charge in [0.15, 0.2) is 0 Å². The molecule has 1 aromatic carbocycles. The average Bonchev–Trinajstić information content (AvgIpc) is 3.10. The average molecular weight is 381 g/mol. The molecule has 3 aliphatic rings. The second-order valence-corrected chi connectivity index (χ2v) is 7.64. The van der Waals surface area contributed by atoms with Crippen molar-refractivity contribution in [2.24, 2.45) is 0 Å². The summed E-state index contributed by atoms with van der Waals surface area (Å²) in [5.74, 6) is 0.0745. The minimum atomic E-state index is -4.35. The molecule has 8 heteroatoms. The number of hydrogen-bond acceptors (Lipinski definition) is 4. The zero-order valence-corrected chi connectivity index (χ0v) is 14.7. The molecule has 2 atom stereocenters. The molecule has 4 heterocycles. The van der Waals surface area contributed by atoms with Gasteiger partial charge in [0.05, 0.1) is 17.7 Å². The first-order valence-corrected chi connectivity index (χ1v) is 9.43. The highest BCUT2D eigenvalue weighted by molar-refractivity contribution is 7.13. The fourth-order valence-corrected chi connectivity index (χ4v) is 4.42. The normalized spacial score (nSPS) is 22.7. The van der Waals surface area contributed by atoms with E-state index in [1.165, 1.54) is 23.5 Å². The van der Waals surface area contributed by atoms with Crippen molar-refractivity contribution >= 4 is 17.2 Å². The molecule has 1 aromatic heterocycles. The summed E-state index contributed by atoms with van der Waals surface area (Å²) in [6.07, 6.45) is -1.96. The number of piperidine rings is 2. The lowest BCUT2D eigenvalue weighted by atomic mass is 9.92. The number of amides is 1. The number of fused-ring (bicyclic) bond motifs is 3. The molecule has 1 N–H and O–H groups in total. The van der Waals surface area contributed by atoms with Gasteiger partial charge in [0.1, 0.15) is 5.01 Å². The highest BCUT2D eigenvalue weighted by Gasteiger charge is 2.36. The number of nitrogens with zero attached hydrogens (tertiary/aromatic N) is 2. The van der Waals surface area contributed by atoms with E-state index in [-0.39, 0.29) is 18.4 Å². The number of rotatable bonds is 3. The molecule has 3 aliphatic heterocycles. The number of aromatic nitrogens is 1. The van der Waals surface area contributed by atoms with Gasteiger partial charge in [-0.2, -0.15) is 13.2 Å². The van der Waals surface area contributed by atoms with E-state index < -0.39 is 11.7 Å². The van der Waals surface area contributed by atoms with Crippen molar-refractivity contribution in [3.63, 3.8) is 0 Å². The van der Waals surface area contributed by atoms with Crippen LogP contribution in [-0.2, 0) is 17.4 Å². The molecule has 0 radical (unpaired) electrons. The highest BCUT2D eigenvalue weighted by Crippen LogP contribution is 2.32. The number of alkyl halides is 3. The number of piperazine rings is 1. The minimum absolute atomic E-state index is 0.0745. The highest BCUT2D eigenvalue weighted by atomic mass is 32.1. The summed E-state index contributed by atoms with van der Waals surface area (Å²) >= 11 is 1.34. The van der Waals surface area contributed by atoms with Gasteiger partial charge in [0, 0.05) is 36.1 Å². The first kappa shape index (κ1) is 17.5. The Morgan fingerprint density at radius 3 is 2.62 bits per heavy atom. The lowest BCUT2D eigenvalue weighted by Gasteiger charge is -2.45. The van der Waals surface area contributed by atoms with Crippen LogP contribution < -0.4 is 5.32 Å². The van der Waals surface area contributed by atoms with E-state index in [2.05, 4.69) is 10.3 Å². The van der Waals surface area contributed by atoms with E-state index in [4.69, 9.17) is 0 Å². The van der Waals surface area contributed by atoms with Crippen molar-refractivity contribution in [3.8, 4) is 10.6 Å². The Balaban J connectivity index is 1.44. The zero-order valence-electron chi connectivity index (χ0n) is 13.9. The predicted octanol–water partition coefficient (Wildman–Crippen LogP) is 3.33.